The molecule has 1 N–H and O–H groups in total. The number of halogens is 1. The van der Waals surface area contributed by atoms with Gasteiger partial charge >= 0.3 is 0 Å². The fraction of sp³-hybridized carbons (Fsp3) is 0.577. The van der Waals surface area contributed by atoms with E-state index in [1.54, 1.807) is 0 Å². The predicted octanol–water partition coefficient (Wildman–Crippen LogP) is 2.40. The molecule has 8 nitrogen and oxygen atoms in total. The third kappa shape index (κ3) is 5.10. The van der Waals surface area contributed by atoms with Gasteiger partial charge in [-0.05, 0) is 42.7 Å². The summed E-state index contributed by atoms with van der Waals surface area (Å²) >= 11 is 6.11. The second-order valence-electron chi connectivity index (χ2n) is 9.88. The van der Waals surface area contributed by atoms with E-state index in [2.05, 4.69) is 31.0 Å². The largest absolute Gasteiger partial charge is 0.395 e. The van der Waals surface area contributed by atoms with Crippen LogP contribution in [0.3, 0.4) is 0 Å². The lowest BCUT2D eigenvalue weighted by atomic mass is 9.77. The molecule has 3 heterocycles. The summed E-state index contributed by atoms with van der Waals surface area (Å²) < 4.78 is 0. The average Bonchev–Trinajstić information content (AvgIpc) is 3.41. The Morgan fingerprint density at radius 2 is 1.37 bits per heavy atom. The Labute approximate surface area is 212 Å². The summed E-state index contributed by atoms with van der Waals surface area (Å²) in [5.41, 5.74) is 0.695. The Balaban J connectivity index is 1.19. The van der Waals surface area contributed by atoms with E-state index in [1.165, 1.54) is 0 Å². The number of hydrogen-bond donors (Lipinski definition) is 1. The van der Waals surface area contributed by atoms with Gasteiger partial charge in [-0.15, -0.1) is 10.2 Å². The van der Waals surface area contributed by atoms with Crippen molar-refractivity contribution in [1.82, 2.24) is 20.0 Å². The first-order chi connectivity index (χ1) is 17.1. The normalized spacial score (nSPS) is 20.9. The molecule has 2 aliphatic heterocycles. The average molecular weight is 499 g/mol. The number of aliphatic hydroxyl groups excluding tert-OH is 1. The molecular weight excluding hydrogens is 464 g/mol. The SMILES string of the molecule is O=C(N1CCN(c2ccc(N3CCN(CCO)CC3)nn2)CC1)C1(c2ccc(Cl)cc2)CCCC1. The van der Waals surface area contributed by atoms with Crippen LogP contribution in [-0.4, -0.2) is 96.5 Å². The first-order valence-corrected chi connectivity index (χ1v) is 13.2. The van der Waals surface area contributed by atoms with Crippen molar-refractivity contribution in [2.45, 2.75) is 31.1 Å². The fourth-order valence-electron chi connectivity index (χ4n) is 5.81. The highest BCUT2D eigenvalue weighted by Gasteiger charge is 2.45. The number of benzene rings is 1. The van der Waals surface area contributed by atoms with Crippen LogP contribution in [0, 0.1) is 0 Å². The van der Waals surface area contributed by atoms with Crippen molar-refractivity contribution in [1.29, 1.82) is 0 Å². The van der Waals surface area contributed by atoms with Crippen molar-refractivity contribution >= 4 is 29.1 Å². The summed E-state index contributed by atoms with van der Waals surface area (Å²) in [5, 5.41) is 18.8. The van der Waals surface area contributed by atoms with Crippen LogP contribution >= 0.6 is 11.6 Å². The van der Waals surface area contributed by atoms with E-state index < -0.39 is 5.41 Å². The van der Waals surface area contributed by atoms with Gasteiger partial charge in [0.15, 0.2) is 11.6 Å². The maximum atomic E-state index is 13.8. The summed E-state index contributed by atoms with van der Waals surface area (Å²) in [5.74, 6) is 2.03. The second-order valence-corrected chi connectivity index (χ2v) is 10.3. The number of nitrogens with zero attached hydrogens (tertiary/aromatic N) is 6. The topological polar surface area (TPSA) is 76.0 Å². The lowest BCUT2D eigenvalue weighted by Gasteiger charge is -2.40. The molecule has 0 atom stereocenters. The Hall–Kier alpha value is -2.42. The lowest BCUT2D eigenvalue weighted by Crippen LogP contribution is -2.54. The van der Waals surface area contributed by atoms with Gasteiger partial charge in [0.25, 0.3) is 0 Å². The maximum Gasteiger partial charge on any atom is 0.233 e. The zero-order chi connectivity index (χ0) is 24.3. The molecule has 1 aromatic heterocycles. The van der Waals surface area contributed by atoms with Crippen LogP contribution in [0.2, 0.25) is 5.02 Å². The summed E-state index contributed by atoms with van der Waals surface area (Å²) in [4.78, 5) is 22.5. The van der Waals surface area contributed by atoms with E-state index in [4.69, 9.17) is 16.7 Å². The van der Waals surface area contributed by atoms with Crippen LogP contribution in [0.5, 0.6) is 0 Å². The van der Waals surface area contributed by atoms with Crippen molar-refractivity contribution in [2.24, 2.45) is 0 Å². The van der Waals surface area contributed by atoms with Crippen molar-refractivity contribution < 1.29 is 9.90 Å². The number of carbonyl (C=O) groups is 1. The van der Waals surface area contributed by atoms with Crippen molar-refractivity contribution in [3.05, 3.63) is 47.0 Å². The predicted molar refractivity (Wildman–Crippen MR) is 138 cm³/mol. The standard InChI is InChI=1S/C26H35ClN6O2/c27-22-5-3-21(4-6-22)26(9-1-2-10-26)25(35)33-17-15-32(16-18-33)24-8-7-23(28-29-24)31-13-11-30(12-14-31)19-20-34/h3-8,34H,1-2,9-20H2. The monoisotopic (exact) mass is 498 g/mol. The Morgan fingerprint density at radius 3 is 1.89 bits per heavy atom. The third-order valence-electron chi connectivity index (χ3n) is 7.90. The van der Waals surface area contributed by atoms with E-state index >= 15 is 0 Å². The minimum atomic E-state index is -0.407. The maximum absolute atomic E-state index is 13.8. The number of hydrogen-bond acceptors (Lipinski definition) is 7. The fourth-order valence-corrected chi connectivity index (χ4v) is 5.94. The van der Waals surface area contributed by atoms with E-state index in [0.717, 1.165) is 88.7 Å². The Bertz CT molecular complexity index is 980. The number of piperazine rings is 2. The second kappa shape index (κ2) is 10.7. The molecule has 0 unspecified atom stereocenters. The molecule has 1 aliphatic carbocycles. The van der Waals surface area contributed by atoms with Crippen LogP contribution in [0.15, 0.2) is 36.4 Å². The molecule has 5 rings (SSSR count). The van der Waals surface area contributed by atoms with Crippen LogP contribution < -0.4 is 9.80 Å². The summed E-state index contributed by atoms with van der Waals surface area (Å²) in [6, 6.07) is 12.0. The quantitative estimate of drug-likeness (QED) is 0.655. The zero-order valence-corrected chi connectivity index (χ0v) is 21.0. The van der Waals surface area contributed by atoms with Crippen LogP contribution in [-0.2, 0) is 10.2 Å². The highest BCUT2D eigenvalue weighted by Crippen LogP contribution is 2.43. The molecule has 2 aromatic rings. The van der Waals surface area contributed by atoms with Gasteiger partial charge < -0.3 is 19.8 Å². The number of aromatic nitrogens is 2. The van der Waals surface area contributed by atoms with Crippen molar-refractivity contribution in [3.63, 3.8) is 0 Å². The molecule has 0 spiro atoms. The van der Waals surface area contributed by atoms with Gasteiger partial charge in [0.1, 0.15) is 0 Å². The number of anilines is 2. The Kier molecular flexibility index (Phi) is 7.41. The van der Waals surface area contributed by atoms with E-state index in [9.17, 15) is 4.79 Å². The van der Waals surface area contributed by atoms with Gasteiger partial charge in [-0.2, -0.15) is 0 Å². The number of amides is 1. The van der Waals surface area contributed by atoms with Gasteiger partial charge in [0.05, 0.1) is 12.0 Å². The summed E-state index contributed by atoms with van der Waals surface area (Å²) in [6.07, 6.45) is 4.00. The zero-order valence-electron chi connectivity index (χ0n) is 20.3. The first-order valence-electron chi connectivity index (χ1n) is 12.8. The van der Waals surface area contributed by atoms with Gasteiger partial charge in [-0.3, -0.25) is 9.69 Å². The third-order valence-corrected chi connectivity index (χ3v) is 8.16. The highest BCUT2D eigenvalue weighted by atomic mass is 35.5. The first kappa shape index (κ1) is 24.3. The minimum Gasteiger partial charge on any atom is -0.395 e. The summed E-state index contributed by atoms with van der Waals surface area (Å²) in [6.45, 7) is 7.49. The van der Waals surface area contributed by atoms with E-state index in [0.29, 0.717) is 18.1 Å². The lowest BCUT2D eigenvalue weighted by molar-refractivity contribution is -0.137. The molecule has 0 bridgehead atoms. The van der Waals surface area contributed by atoms with Gasteiger partial charge in [0.2, 0.25) is 5.91 Å². The molecule has 35 heavy (non-hydrogen) atoms. The molecule has 2 saturated heterocycles. The van der Waals surface area contributed by atoms with E-state index in [1.807, 2.05) is 35.2 Å². The molecule has 0 radical (unpaired) electrons. The van der Waals surface area contributed by atoms with Crippen LogP contribution in [0.25, 0.3) is 0 Å². The highest BCUT2D eigenvalue weighted by molar-refractivity contribution is 6.30. The van der Waals surface area contributed by atoms with Crippen LogP contribution in [0.1, 0.15) is 31.2 Å². The number of carbonyl (C=O) groups excluding carboxylic acids is 1. The van der Waals surface area contributed by atoms with Gasteiger partial charge in [-0.25, -0.2) is 0 Å². The molecule has 9 heteroatoms. The van der Waals surface area contributed by atoms with Crippen molar-refractivity contribution in [3.8, 4) is 0 Å². The minimum absolute atomic E-state index is 0.204. The number of rotatable bonds is 6. The van der Waals surface area contributed by atoms with Gasteiger partial charge in [0, 0.05) is 63.9 Å². The molecule has 3 fully saturated rings. The Morgan fingerprint density at radius 1 is 0.829 bits per heavy atom. The molecular formula is C26H35ClN6O2. The number of β-amino-alcohol motifs (C(OH)–C–C–N with tert-alkyl or cyclic N) is 1. The van der Waals surface area contributed by atoms with Crippen molar-refractivity contribution in [2.75, 3.05) is 75.3 Å². The molecule has 1 aromatic carbocycles. The number of aliphatic hydroxyl groups is 1. The smallest absolute Gasteiger partial charge is 0.233 e. The molecule has 3 aliphatic rings. The van der Waals surface area contributed by atoms with Gasteiger partial charge in [-0.1, -0.05) is 36.6 Å². The molecule has 1 amide bonds. The van der Waals surface area contributed by atoms with Crippen LogP contribution in [0.4, 0.5) is 11.6 Å². The van der Waals surface area contributed by atoms with E-state index in [-0.39, 0.29) is 12.5 Å². The summed E-state index contributed by atoms with van der Waals surface area (Å²) in [7, 11) is 0. The molecule has 1 saturated carbocycles. The molecule has 188 valence electrons.